The van der Waals surface area contributed by atoms with Crippen LogP contribution in [-0.4, -0.2) is 81.8 Å². The standard InChI is InChI=1S/C37H53NO3.C36H51NO4.2CH4.2H2S/c1-23-13-15-36(5)28(17-23)11-12-30-29-14-16-37(20-25(3)31(29)19-32(30)36)26(4)34-33(41-37)18-24(2)21-38(34)35(39)40-22-27-9-7-6-8-10-27;1-22-16-32-33(37(20-22)34(39)40-21-25-8-6-5-7-9-25)24(3)36(41-32)15-13-28-29-11-10-26-17-27(38)12-14-35(26,4)31(29)18-30(28)23(2)19-36;;;;/h6-10,23-24,26,28-30,32-34H,11-22H2,1-5H3;5-9,22,24,26-29,31-33,38H,10-21H2,1-4H3;2*1H4;2*1H2/t23-,24-,26+,28+,29-,30-,32-,33+,34-,36-,37-;22-,24+,26+,27-,28-,29-,31-,32+,33-,35-,36-;;;;/m00..../s1. The van der Waals surface area contributed by atoms with Gasteiger partial charge in [-0.1, -0.05) is 153 Å². The molecule has 0 bridgehead atoms. The van der Waals surface area contributed by atoms with Crippen LogP contribution in [0.3, 0.4) is 0 Å². The smallest absolute Gasteiger partial charge is 0.410 e. The van der Waals surface area contributed by atoms with Gasteiger partial charge in [-0.3, -0.25) is 0 Å². The number of aliphatic hydroxyl groups is 1. The number of hydrogen-bond acceptors (Lipinski definition) is 7. The van der Waals surface area contributed by atoms with Crippen LogP contribution in [0.15, 0.2) is 83.0 Å². The minimum atomic E-state index is -0.190. The van der Waals surface area contributed by atoms with Gasteiger partial charge < -0.3 is 33.9 Å². The monoisotopic (exact) mass is 1220 g/mol. The first-order valence-electron chi connectivity index (χ1n) is 33.7. The average Bonchev–Trinajstić information content (AvgIpc) is 1.62. The van der Waals surface area contributed by atoms with Crippen LogP contribution in [0, 0.1) is 87.8 Å². The Morgan fingerprint density at radius 3 is 1.41 bits per heavy atom. The number of hydrogen-bond donors (Lipinski definition) is 1. The molecule has 2 spiro atoms. The maximum absolute atomic E-state index is 13.5. The molecular weight excluding hydrogens is 1100 g/mol. The van der Waals surface area contributed by atoms with E-state index in [0.29, 0.717) is 53.6 Å². The van der Waals surface area contributed by atoms with Gasteiger partial charge in [-0.05, 0) is 223 Å². The fraction of sp³-hybridized carbons (Fsp3) is 0.760. The van der Waals surface area contributed by atoms with E-state index in [4.69, 9.17) is 18.9 Å². The van der Waals surface area contributed by atoms with Gasteiger partial charge in [0.1, 0.15) is 13.2 Å². The molecule has 4 saturated heterocycles. The van der Waals surface area contributed by atoms with Crippen molar-refractivity contribution in [1.82, 2.24) is 9.80 Å². The van der Waals surface area contributed by atoms with E-state index >= 15 is 0 Å². The number of ether oxygens (including phenoxy) is 4. The van der Waals surface area contributed by atoms with Crippen molar-refractivity contribution >= 4 is 39.2 Å². The van der Waals surface area contributed by atoms with Gasteiger partial charge in [-0.25, -0.2) is 9.59 Å². The third-order valence-electron chi connectivity index (χ3n) is 26.6. The molecule has 86 heavy (non-hydrogen) atoms. The van der Waals surface area contributed by atoms with E-state index in [0.717, 1.165) is 117 Å². The van der Waals surface area contributed by atoms with Crippen LogP contribution in [-0.2, 0) is 32.2 Å². The first-order valence-corrected chi connectivity index (χ1v) is 33.7. The molecule has 8 aliphatic carbocycles. The van der Waals surface area contributed by atoms with Crippen molar-refractivity contribution in [1.29, 1.82) is 0 Å². The Bertz CT molecular complexity index is 2560. The molecule has 0 radical (unpaired) electrons. The van der Waals surface area contributed by atoms with Crippen molar-refractivity contribution in [2.75, 3.05) is 13.1 Å². The number of likely N-dealkylation sites (tertiary alicyclic amines) is 2. The SMILES string of the molecule is C.C.CC1=C2C[C@H]3[C@@H](CC[C@@H]4C[C@@H](C)CC[C@@]43C)[C@@H]2CC[C@@]2(C1)O[C@@H]1C[C@H](C)CN(C(=O)OCc3ccccc3)[C@H]1[C@H]2C.CC1=C2C[C@H]3[C@@H](CC[C@@H]4C[C@@H](O)CC[C@@]43C)[C@@H]2CC[C@@]2(C1)O[C@@H]1C[C@H](C)CN(C(=O)OCc3ccccc3)[C@H]1[C@H]2C.S.S. The number of allylic oxidation sites excluding steroid dienone is 2. The predicted octanol–water partition coefficient (Wildman–Crippen LogP) is 17.8. The molecule has 12 aliphatic rings. The summed E-state index contributed by atoms with van der Waals surface area (Å²) in [7, 11) is 0. The minimum absolute atomic E-state index is 0. The first kappa shape index (κ1) is 67.4. The second-order valence-electron chi connectivity index (χ2n) is 31.1. The molecular formula is C75H116N2O7S2. The molecule has 9 nitrogen and oxygen atoms in total. The molecule has 22 atom stereocenters. The zero-order valence-electron chi connectivity index (χ0n) is 52.9. The number of rotatable bonds is 4. The number of fused-ring (bicyclic) bond motifs is 12. The molecule has 480 valence electrons. The number of piperidine rings is 2. The van der Waals surface area contributed by atoms with E-state index in [2.05, 4.69) is 67.2 Å². The number of amides is 2. The fourth-order valence-corrected chi connectivity index (χ4v) is 22.3. The van der Waals surface area contributed by atoms with E-state index in [9.17, 15) is 14.7 Å². The van der Waals surface area contributed by atoms with Crippen molar-refractivity contribution in [2.24, 2.45) is 87.8 Å². The maximum Gasteiger partial charge on any atom is 0.410 e. The quantitative estimate of drug-likeness (QED) is 0.305. The van der Waals surface area contributed by atoms with Crippen LogP contribution in [0.2, 0.25) is 0 Å². The second kappa shape index (κ2) is 26.3. The van der Waals surface area contributed by atoms with Gasteiger partial charge in [0.2, 0.25) is 0 Å². The molecule has 0 unspecified atom stereocenters. The van der Waals surface area contributed by atoms with E-state index in [1.54, 1.807) is 16.7 Å². The van der Waals surface area contributed by atoms with Gasteiger partial charge in [-0.2, -0.15) is 27.0 Å². The van der Waals surface area contributed by atoms with Gasteiger partial charge >= 0.3 is 12.2 Å². The second-order valence-corrected chi connectivity index (χ2v) is 31.1. The van der Waals surface area contributed by atoms with Gasteiger partial charge in [0.25, 0.3) is 0 Å². The molecule has 2 amide bonds. The number of carbonyl (C=O) groups is 2. The van der Waals surface area contributed by atoms with Crippen molar-refractivity contribution in [3.63, 3.8) is 0 Å². The van der Waals surface area contributed by atoms with Gasteiger partial charge in [-0.15, -0.1) is 0 Å². The van der Waals surface area contributed by atoms with Gasteiger partial charge in [0, 0.05) is 24.9 Å². The highest BCUT2D eigenvalue weighted by Gasteiger charge is 2.63. The third kappa shape index (κ3) is 11.9. The normalized spacial score (nSPS) is 43.4. The zero-order valence-corrected chi connectivity index (χ0v) is 54.9. The van der Waals surface area contributed by atoms with Crippen molar-refractivity contribution in [2.45, 2.75) is 260 Å². The summed E-state index contributed by atoms with van der Waals surface area (Å²) in [4.78, 5) is 31.1. The van der Waals surface area contributed by atoms with Crippen LogP contribution in [0.25, 0.3) is 0 Å². The van der Waals surface area contributed by atoms with Crippen LogP contribution < -0.4 is 0 Å². The summed E-state index contributed by atoms with van der Waals surface area (Å²) in [6, 6.07) is 20.2. The third-order valence-corrected chi connectivity index (χ3v) is 26.6. The first-order chi connectivity index (χ1) is 39.4. The largest absolute Gasteiger partial charge is 0.445 e. The summed E-state index contributed by atoms with van der Waals surface area (Å²) in [6.45, 7) is 24.0. The summed E-state index contributed by atoms with van der Waals surface area (Å²) in [5.41, 5.74) is 9.43. The Morgan fingerprint density at radius 2 is 0.965 bits per heavy atom. The highest BCUT2D eigenvalue weighted by Crippen LogP contribution is 2.68. The van der Waals surface area contributed by atoms with Gasteiger partial charge in [0.15, 0.2) is 0 Å². The summed E-state index contributed by atoms with van der Waals surface area (Å²) >= 11 is 0. The Hall–Kier alpha value is -2.96. The number of nitrogens with zero attached hydrogens (tertiary/aromatic N) is 2. The Morgan fingerprint density at radius 1 is 0.547 bits per heavy atom. The molecule has 10 fully saturated rings. The highest BCUT2D eigenvalue weighted by molar-refractivity contribution is 7.59. The van der Waals surface area contributed by atoms with Crippen LogP contribution >= 0.6 is 27.0 Å². The van der Waals surface area contributed by atoms with Crippen molar-refractivity contribution < 1.29 is 33.6 Å². The highest BCUT2D eigenvalue weighted by atomic mass is 32.1. The topological polar surface area (TPSA) is 97.8 Å². The number of aliphatic hydroxyl groups excluding tert-OH is 1. The maximum atomic E-state index is 13.5. The molecule has 14 rings (SSSR count). The molecule has 4 heterocycles. The van der Waals surface area contributed by atoms with E-state index in [-0.39, 0.29) is 102 Å². The molecule has 6 saturated carbocycles. The van der Waals surface area contributed by atoms with E-state index < -0.39 is 0 Å². The Balaban J connectivity index is 0.000000196. The fourth-order valence-electron chi connectivity index (χ4n) is 22.3. The van der Waals surface area contributed by atoms with E-state index in [1.807, 2.05) is 71.1 Å². The van der Waals surface area contributed by atoms with Crippen molar-refractivity contribution in [3.05, 3.63) is 94.1 Å². The molecule has 1 N–H and O–H groups in total. The number of carbonyl (C=O) groups excluding carboxylic acids is 2. The summed E-state index contributed by atoms with van der Waals surface area (Å²) in [5.74, 6) is 8.72. The lowest BCUT2D eigenvalue weighted by Crippen LogP contribution is -2.54. The lowest BCUT2D eigenvalue weighted by molar-refractivity contribution is -0.0832. The van der Waals surface area contributed by atoms with E-state index in [1.165, 1.54) is 77.0 Å². The van der Waals surface area contributed by atoms with Crippen LogP contribution in [0.5, 0.6) is 0 Å². The summed E-state index contributed by atoms with van der Waals surface area (Å²) in [6.07, 6.45) is 24.2. The van der Waals surface area contributed by atoms with Crippen LogP contribution in [0.4, 0.5) is 9.59 Å². The van der Waals surface area contributed by atoms with Crippen LogP contribution in [0.1, 0.15) is 217 Å². The molecule has 4 aliphatic heterocycles. The minimum Gasteiger partial charge on any atom is -0.445 e. The Labute approximate surface area is 535 Å². The zero-order chi connectivity index (χ0) is 57.0. The number of benzene rings is 2. The Kier molecular flexibility index (Phi) is 20.6. The molecule has 11 heteroatoms. The van der Waals surface area contributed by atoms with Gasteiger partial charge in [0.05, 0.1) is 41.6 Å². The molecule has 2 aromatic carbocycles. The van der Waals surface area contributed by atoms with Crippen molar-refractivity contribution in [3.8, 4) is 0 Å². The summed E-state index contributed by atoms with van der Waals surface area (Å²) in [5, 5.41) is 10.4. The molecule has 2 aromatic rings. The lowest BCUT2D eigenvalue weighted by Gasteiger charge is -2.54. The average molecular weight is 1220 g/mol. The molecule has 0 aromatic heterocycles. The summed E-state index contributed by atoms with van der Waals surface area (Å²) < 4.78 is 26.2. The lowest BCUT2D eigenvalue weighted by atomic mass is 9.51. The predicted molar refractivity (Wildman–Crippen MR) is 357 cm³/mol.